The van der Waals surface area contributed by atoms with Crippen LogP contribution in [0.2, 0.25) is 0 Å². The molecular weight excluding hydrogens is 885 g/mol. The maximum atomic E-state index is 12.9. The Morgan fingerprint density at radius 2 is 0.897 bits per heavy atom. The smallest absolute Gasteiger partial charge is 0.306 e. The lowest BCUT2D eigenvalue weighted by atomic mass is 10.00. The molecule has 0 aliphatic carbocycles. The average Bonchev–Trinajstić information content (AvgIpc) is 3.31. The van der Waals surface area contributed by atoms with Gasteiger partial charge < -0.3 is 34.3 Å². The van der Waals surface area contributed by atoms with E-state index in [0.717, 1.165) is 64.2 Å². The molecule has 1 heterocycles. The van der Waals surface area contributed by atoms with Crippen molar-refractivity contribution >= 4 is 22.1 Å². The molecule has 1 rings (SSSR count). The summed E-state index contributed by atoms with van der Waals surface area (Å²) in [5.41, 5.74) is 0. The van der Waals surface area contributed by atoms with Gasteiger partial charge in [-0.25, -0.2) is 0 Å². The molecule has 0 radical (unpaired) electrons. The Bertz CT molecular complexity index is 1520. The first kappa shape index (κ1) is 63.1. The molecule has 13 heteroatoms. The van der Waals surface area contributed by atoms with E-state index in [4.69, 9.17) is 18.9 Å². The van der Waals surface area contributed by atoms with Crippen LogP contribution >= 0.6 is 0 Å². The molecule has 6 atom stereocenters. The minimum Gasteiger partial charge on any atom is -0.462 e. The molecule has 0 aromatic rings. The predicted molar refractivity (Wildman–Crippen MR) is 275 cm³/mol. The van der Waals surface area contributed by atoms with E-state index < -0.39 is 71.2 Å². The minimum absolute atomic E-state index is 0.139. The van der Waals surface area contributed by atoms with Gasteiger partial charge >= 0.3 is 11.9 Å². The summed E-state index contributed by atoms with van der Waals surface area (Å²) in [6.45, 7) is 3.70. The zero-order valence-corrected chi connectivity index (χ0v) is 43.0. The van der Waals surface area contributed by atoms with Gasteiger partial charge in [0.1, 0.15) is 36.8 Å². The van der Waals surface area contributed by atoms with Crippen LogP contribution in [-0.2, 0) is 38.7 Å². The van der Waals surface area contributed by atoms with Gasteiger partial charge in [0.2, 0.25) is 0 Å². The number of aliphatic hydroxyl groups is 3. The number of unbranched alkanes of at least 4 members (excludes halogenated alkanes) is 20. The van der Waals surface area contributed by atoms with Crippen molar-refractivity contribution in [3.8, 4) is 0 Å². The molecular formula is C55H94O12S. The highest BCUT2D eigenvalue weighted by molar-refractivity contribution is 7.85. The first-order chi connectivity index (χ1) is 33.0. The molecule has 68 heavy (non-hydrogen) atoms. The van der Waals surface area contributed by atoms with Crippen molar-refractivity contribution in [2.75, 3.05) is 19.0 Å². The summed E-state index contributed by atoms with van der Waals surface area (Å²) < 4.78 is 54.2. The van der Waals surface area contributed by atoms with Crippen molar-refractivity contribution in [2.24, 2.45) is 0 Å². The lowest BCUT2D eigenvalue weighted by Crippen LogP contribution is -2.60. The van der Waals surface area contributed by atoms with Crippen molar-refractivity contribution in [3.63, 3.8) is 0 Å². The van der Waals surface area contributed by atoms with E-state index in [1.54, 1.807) is 0 Å². The highest BCUT2D eigenvalue weighted by Gasteiger charge is 2.46. The van der Waals surface area contributed by atoms with Gasteiger partial charge in [0.05, 0.1) is 6.61 Å². The number of hydrogen-bond acceptors (Lipinski definition) is 11. The monoisotopic (exact) mass is 979 g/mol. The molecule has 0 bridgehead atoms. The quantitative estimate of drug-likeness (QED) is 0.0196. The lowest BCUT2D eigenvalue weighted by molar-refractivity contribution is -0.297. The first-order valence-corrected chi connectivity index (χ1v) is 28.1. The number of esters is 2. The molecule has 392 valence electrons. The van der Waals surface area contributed by atoms with Gasteiger partial charge in [0.15, 0.2) is 12.4 Å². The van der Waals surface area contributed by atoms with Crippen LogP contribution in [0.4, 0.5) is 0 Å². The zero-order chi connectivity index (χ0) is 49.8. The molecule has 1 aliphatic rings. The van der Waals surface area contributed by atoms with Gasteiger partial charge in [0.25, 0.3) is 10.1 Å². The predicted octanol–water partition coefficient (Wildman–Crippen LogP) is 12.2. The Labute approximate surface area is 412 Å². The molecule has 12 nitrogen and oxygen atoms in total. The molecule has 0 aromatic heterocycles. The Morgan fingerprint density at radius 3 is 1.38 bits per heavy atom. The number of aliphatic hydroxyl groups excluding tert-OH is 3. The second-order valence-corrected chi connectivity index (χ2v) is 19.7. The Morgan fingerprint density at radius 1 is 0.500 bits per heavy atom. The van der Waals surface area contributed by atoms with E-state index in [9.17, 15) is 37.9 Å². The molecule has 4 N–H and O–H groups in total. The second kappa shape index (κ2) is 44.1. The van der Waals surface area contributed by atoms with Crippen LogP contribution in [0.25, 0.3) is 0 Å². The molecule has 2 unspecified atom stereocenters. The largest absolute Gasteiger partial charge is 0.462 e. The highest BCUT2D eigenvalue weighted by atomic mass is 32.2. The number of rotatable bonds is 44. The van der Waals surface area contributed by atoms with Crippen LogP contribution in [-0.4, -0.2) is 96.0 Å². The maximum Gasteiger partial charge on any atom is 0.306 e. The van der Waals surface area contributed by atoms with E-state index in [1.165, 1.54) is 96.3 Å². The number of carbonyl (C=O) groups is 2. The van der Waals surface area contributed by atoms with Gasteiger partial charge in [-0.05, 0) is 83.5 Å². The van der Waals surface area contributed by atoms with Crippen LogP contribution in [0.1, 0.15) is 206 Å². The van der Waals surface area contributed by atoms with Crippen molar-refractivity contribution in [1.82, 2.24) is 0 Å². The maximum absolute atomic E-state index is 12.9. The van der Waals surface area contributed by atoms with E-state index in [-0.39, 0.29) is 19.4 Å². The van der Waals surface area contributed by atoms with Gasteiger partial charge in [0, 0.05) is 12.8 Å². The van der Waals surface area contributed by atoms with E-state index in [2.05, 4.69) is 80.7 Å². The first-order valence-electron chi connectivity index (χ1n) is 26.5. The Kier molecular flexibility index (Phi) is 40.9. The van der Waals surface area contributed by atoms with Crippen molar-refractivity contribution < 1.29 is 56.8 Å². The zero-order valence-electron chi connectivity index (χ0n) is 42.2. The van der Waals surface area contributed by atoms with Crippen LogP contribution in [0, 0.1) is 0 Å². The van der Waals surface area contributed by atoms with Crippen LogP contribution in [0.3, 0.4) is 0 Å². The van der Waals surface area contributed by atoms with Crippen LogP contribution in [0.5, 0.6) is 0 Å². The highest BCUT2D eigenvalue weighted by Crippen LogP contribution is 2.24. The summed E-state index contributed by atoms with van der Waals surface area (Å²) >= 11 is 0. The van der Waals surface area contributed by atoms with Crippen LogP contribution < -0.4 is 0 Å². The molecule has 1 fully saturated rings. The third-order valence-corrected chi connectivity index (χ3v) is 12.5. The summed E-state index contributed by atoms with van der Waals surface area (Å²) in [5, 5.41) is 31.0. The number of allylic oxidation sites excluding steroid dienone is 12. The summed E-state index contributed by atoms with van der Waals surface area (Å²) in [5.74, 6) is -2.06. The van der Waals surface area contributed by atoms with E-state index >= 15 is 0 Å². The van der Waals surface area contributed by atoms with Gasteiger partial charge in [-0.3, -0.25) is 14.1 Å². The fourth-order valence-electron chi connectivity index (χ4n) is 7.64. The SMILES string of the molecule is CCCCC/C=C/C/C=C/CCCCCCCCCCCC(=O)O[C@H](COC(=O)CCC/C=C/C/C=C/C/C=C/C/C=C/CCCCCCCCC)CO[C@H]1O[C@H](CS(=O)(=O)O)[C@@H](O)C(O)C1O. The fraction of sp³-hybridized carbons (Fsp3) is 0.745. The van der Waals surface area contributed by atoms with Crippen LogP contribution in [0.15, 0.2) is 72.9 Å². The van der Waals surface area contributed by atoms with E-state index in [0.29, 0.717) is 19.3 Å². The fourth-order valence-corrected chi connectivity index (χ4v) is 8.33. The van der Waals surface area contributed by atoms with Gasteiger partial charge in [-0.15, -0.1) is 0 Å². The van der Waals surface area contributed by atoms with Gasteiger partial charge in [-0.1, -0.05) is 183 Å². The molecule has 0 aromatic carbocycles. The topological polar surface area (TPSA) is 186 Å². The summed E-state index contributed by atoms with van der Waals surface area (Å²) in [7, 11) is -4.62. The summed E-state index contributed by atoms with van der Waals surface area (Å²) in [4.78, 5) is 25.5. The molecule has 1 saturated heterocycles. The van der Waals surface area contributed by atoms with Crippen molar-refractivity contribution in [1.29, 1.82) is 0 Å². The van der Waals surface area contributed by atoms with Gasteiger partial charge in [-0.2, -0.15) is 8.42 Å². The second-order valence-electron chi connectivity index (χ2n) is 18.2. The number of carbonyl (C=O) groups excluding carboxylic acids is 2. The van der Waals surface area contributed by atoms with Crippen molar-refractivity contribution in [3.05, 3.63) is 72.9 Å². The Hall–Kier alpha value is -2.91. The summed E-state index contributed by atoms with van der Waals surface area (Å²) in [6.07, 6.45) is 48.0. The standard InChI is InChI=1S/C55H94O12S/c1-3-5-7-9-11-13-15-17-19-21-23-24-26-27-29-31-33-35-37-39-41-43-50(56)64-45-48(46-65-55-54(60)53(59)52(58)49(67-55)47-68(61,62)63)66-51(57)44-42-40-38-36-34-32-30-28-25-22-20-18-16-14-12-10-8-6-4-2/h12,14,18-21,24,26,29,31,35,37,48-49,52-55,58-60H,3-11,13,15-17,22-23,25,27-28,30,32-34,36,38-47H2,1-2H3,(H,61,62,63)/b14-12+,20-18+,21-19+,26-24+,31-29+,37-35+/t48-,49-,52-,53?,54?,55+/m1/s1. The molecule has 0 amide bonds. The summed E-state index contributed by atoms with van der Waals surface area (Å²) in [6, 6.07) is 0. The molecule has 0 saturated carbocycles. The lowest BCUT2D eigenvalue weighted by Gasteiger charge is -2.40. The Balaban J connectivity index is 2.42. The number of hydrogen-bond donors (Lipinski definition) is 4. The normalized spacial score (nSPS) is 19.8. The van der Waals surface area contributed by atoms with Crippen molar-refractivity contribution in [2.45, 2.75) is 243 Å². The average molecular weight is 979 g/mol. The molecule has 1 aliphatic heterocycles. The van der Waals surface area contributed by atoms with E-state index in [1.807, 2.05) is 6.08 Å². The third-order valence-electron chi connectivity index (χ3n) is 11.8. The third kappa shape index (κ3) is 37.9. The minimum atomic E-state index is -4.62. The number of ether oxygens (including phenoxy) is 4. The molecule has 0 spiro atoms.